The van der Waals surface area contributed by atoms with Crippen molar-refractivity contribution in [3.63, 3.8) is 0 Å². The van der Waals surface area contributed by atoms with Crippen LogP contribution in [0.15, 0.2) is 18.2 Å². The molecule has 0 aliphatic carbocycles. The summed E-state index contributed by atoms with van der Waals surface area (Å²) in [7, 11) is 0. The predicted octanol–water partition coefficient (Wildman–Crippen LogP) is 2.97. The second kappa shape index (κ2) is 8.13. The zero-order valence-corrected chi connectivity index (χ0v) is 10.5. The predicted molar refractivity (Wildman–Crippen MR) is 68.0 cm³/mol. The summed E-state index contributed by atoms with van der Waals surface area (Å²) in [5.74, 6) is 1.08. The fourth-order valence-electron chi connectivity index (χ4n) is 1.53. The van der Waals surface area contributed by atoms with E-state index in [2.05, 4.69) is 6.07 Å². The van der Waals surface area contributed by atoms with Gasteiger partial charge in [0, 0.05) is 6.42 Å². The Morgan fingerprint density at radius 1 is 1.33 bits per heavy atom. The largest absolute Gasteiger partial charge is 0.490 e. The smallest absolute Gasteiger partial charge is 0.171 e. The third kappa shape index (κ3) is 4.10. The molecule has 0 aromatic heterocycles. The van der Waals surface area contributed by atoms with Gasteiger partial charge in [0.25, 0.3) is 0 Å². The van der Waals surface area contributed by atoms with Crippen molar-refractivity contribution in [1.82, 2.24) is 0 Å². The van der Waals surface area contributed by atoms with E-state index in [1.54, 1.807) is 18.2 Å². The van der Waals surface area contributed by atoms with E-state index in [1.165, 1.54) is 0 Å². The summed E-state index contributed by atoms with van der Waals surface area (Å²) in [6.07, 6.45) is 2.86. The molecule has 1 aromatic carbocycles. The lowest BCUT2D eigenvalue weighted by molar-refractivity contribution is 0.111. The molecule has 0 amide bonds. The summed E-state index contributed by atoms with van der Waals surface area (Å²) >= 11 is 0. The standard InChI is InChI=1S/C14H17NO3/c1-2-17-13-8-6-7-12(11-16)14(13)18-10-5-3-4-9-15/h6-8,11H,2-5,10H2,1H3. The van der Waals surface area contributed by atoms with Crippen LogP contribution in [0.5, 0.6) is 11.5 Å². The van der Waals surface area contributed by atoms with Crippen LogP contribution in [0.3, 0.4) is 0 Å². The van der Waals surface area contributed by atoms with E-state index >= 15 is 0 Å². The van der Waals surface area contributed by atoms with Crippen LogP contribution in [0, 0.1) is 11.3 Å². The molecule has 0 N–H and O–H groups in total. The molecule has 0 aliphatic heterocycles. The minimum atomic E-state index is 0.479. The van der Waals surface area contributed by atoms with E-state index in [0.29, 0.717) is 36.7 Å². The Kier molecular flexibility index (Phi) is 6.34. The van der Waals surface area contributed by atoms with Gasteiger partial charge in [0.05, 0.1) is 24.8 Å². The van der Waals surface area contributed by atoms with E-state index in [4.69, 9.17) is 14.7 Å². The quantitative estimate of drug-likeness (QED) is 0.523. The van der Waals surface area contributed by atoms with Crippen LogP contribution in [-0.2, 0) is 0 Å². The lowest BCUT2D eigenvalue weighted by atomic mass is 10.2. The maximum absolute atomic E-state index is 10.9. The number of nitriles is 1. The van der Waals surface area contributed by atoms with E-state index in [0.717, 1.165) is 19.1 Å². The maximum Gasteiger partial charge on any atom is 0.171 e. The summed E-state index contributed by atoms with van der Waals surface area (Å²) in [5.41, 5.74) is 0.487. The summed E-state index contributed by atoms with van der Waals surface area (Å²) < 4.78 is 11.0. The average molecular weight is 247 g/mol. The number of hydrogen-bond acceptors (Lipinski definition) is 4. The first-order valence-corrected chi connectivity index (χ1v) is 6.04. The molecule has 0 heterocycles. The van der Waals surface area contributed by atoms with Gasteiger partial charge in [-0.05, 0) is 31.9 Å². The molecule has 18 heavy (non-hydrogen) atoms. The molecular formula is C14H17NO3. The molecule has 0 saturated carbocycles. The van der Waals surface area contributed by atoms with Crippen molar-refractivity contribution >= 4 is 6.29 Å². The average Bonchev–Trinajstić information content (AvgIpc) is 2.40. The second-order valence-electron chi connectivity index (χ2n) is 3.69. The van der Waals surface area contributed by atoms with Gasteiger partial charge >= 0.3 is 0 Å². The zero-order valence-electron chi connectivity index (χ0n) is 10.5. The minimum absolute atomic E-state index is 0.479. The SMILES string of the molecule is CCOc1cccc(C=O)c1OCCCCC#N. The number of nitrogens with zero attached hydrogens (tertiary/aromatic N) is 1. The Morgan fingerprint density at radius 3 is 2.83 bits per heavy atom. The van der Waals surface area contributed by atoms with Gasteiger partial charge in [-0.2, -0.15) is 5.26 Å². The molecule has 96 valence electrons. The van der Waals surface area contributed by atoms with E-state index in [9.17, 15) is 4.79 Å². The summed E-state index contributed by atoms with van der Waals surface area (Å²) in [4.78, 5) is 10.9. The number of para-hydroxylation sites is 1. The van der Waals surface area contributed by atoms with Gasteiger partial charge in [0.2, 0.25) is 0 Å². The van der Waals surface area contributed by atoms with Crippen LogP contribution in [0.1, 0.15) is 36.5 Å². The van der Waals surface area contributed by atoms with Crippen LogP contribution in [0.25, 0.3) is 0 Å². The molecule has 0 unspecified atom stereocenters. The van der Waals surface area contributed by atoms with Crippen molar-refractivity contribution in [2.24, 2.45) is 0 Å². The Balaban J connectivity index is 2.66. The van der Waals surface area contributed by atoms with Crippen LogP contribution < -0.4 is 9.47 Å². The van der Waals surface area contributed by atoms with Crippen LogP contribution in [0.2, 0.25) is 0 Å². The van der Waals surface area contributed by atoms with Crippen molar-refractivity contribution in [1.29, 1.82) is 5.26 Å². The van der Waals surface area contributed by atoms with Crippen LogP contribution in [-0.4, -0.2) is 19.5 Å². The van der Waals surface area contributed by atoms with Gasteiger partial charge in [-0.25, -0.2) is 0 Å². The van der Waals surface area contributed by atoms with Gasteiger partial charge in [-0.3, -0.25) is 4.79 Å². The lowest BCUT2D eigenvalue weighted by Gasteiger charge is -2.13. The summed E-state index contributed by atoms with van der Waals surface area (Å²) in [6, 6.07) is 7.32. The fourth-order valence-corrected chi connectivity index (χ4v) is 1.53. The molecule has 0 atom stereocenters. The highest BCUT2D eigenvalue weighted by molar-refractivity contribution is 5.81. The summed E-state index contributed by atoms with van der Waals surface area (Å²) in [6.45, 7) is 2.88. The fraction of sp³-hybridized carbons (Fsp3) is 0.429. The third-order valence-electron chi connectivity index (χ3n) is 2.37. The van der Waals surface area contributed by atoms with Crippen molar-refractivity contribution in [2.45, 2.75) is 26.2 Å². The molecule has 0 saturated heterocycles. The number of carbonyl (C=O) groups is 1. The zero-order chi connectivity index (χ0) is 13.2. The van der Waals surface area contributed by atoms with Crippen molar-refractivity contribution in [2.75, 3.05) is 13.2 Å². The molecule has 1 aromatic rings. The molecule has 0 spiro atoms. The number of rotatable bonds is 8. The maximum atomic E-state index is 10.9. The van der Waals surface area contributed by atoms with Gasteiger partial charge in [0.15, 0.2) is 17.8 Å². The Morgan fingerprint density at radius 2 is 2.17 bits per heavy atom. The number of hydrogen-bond donors (Lipinski definition) is 0. The number of ether oxygens (including phenoxy) is 2. The van der Waals surface area contributed by atoms with Gasteiger partial charge < -0.3 is 9.47 Å². The first-order chi connectivity index (χ1) is 8.83. The monoisotopic (exact) mass is 247 g/mol. The minimum Gasteiger partial charge on any atom is -0.490 e. The van der Waals surface area contributed by atoms with Crippen molar-refractivity contribution in [3.8, 4) is 17.6 Å². The number of unbranched alkanes of at least 4 members (excludes halogenated alkanes) is 2. The Labute approximate surface area is 107 Å². The summed E-state index contributed by atoms with van der Waals surface area (Å²) in [5, 5.41) is 8.42. The number of carbonyl (C=O) groups excluding carboxylic acids is 1. The van der Waals surface area contributed by atoms with Crippen molar-refractivity contribution in [3.05, 3.63) is 23.8 Å². The molecule has 0 bridgehead atoms. The first-order valence-electron chi connectivity index (χ1n) is 6.04. The van der Waals surface area contributed by atoms with E-state index in [-0.39, 0.29) is 0 Å². The highest BCUT2D eigenvalue weighted by Crippen LogP contribution is 2.30. The number of benzene rings is 1. The molecule has 1 rings (SSSR count). The molecule has 4 heteroatoms. The molecule has 0 aliphatic rings. The van der Waals surface area contributed by atoms with E-state index < -0.39 is 0 Å². The van der Waals surface area contributed by atoms with Crippen LogP contribution in [0.4, 0.5) is 0 Å². The third-order valence-corrected chi connectivity index (χ3v) is 2.37. The lowest BCUT2D eigenvalue weighted by Crippen LogP contribution is -2.03. The highest BCUT2D eigenvalue weighted by Gasteiger charge is 2.10. The van der Waals surface area contributed by atoms with Crippen LogP contribution >= 0.6 is 0 Å². The Bertz CT molecular complexity index is 424. The van der Waals surface area contributed by atoms with Gasteiger partial charge in [0.1, 0.15) is 0 Å². The molecule has 0 radical (unpaired) electrons. The molecule has 0 fully saturated rings. The van der Waals surface area contributed by atoms with Gasteiger partial charge in [-0.15, -0.1) is 0 Å². The van der Waals surface area contributed by atoms with Gasteiger partial charge in [-0.1, -0.05) is 6.07 Å². The first kappa shape index (κ1) is 14.0. The topological polar surface area (TPSA) is 59.3 Å². The van der Waals surface area contributed by atoms with Crippen molar-refractivity contribution < 1.29 is 14.3 Å². The second-order valence-corrected chi connectivity index (χ2v) is 3.69. The normalized spacial score (nSPS) is 9.56. The Hall–Kier alpha value is -2.02. The molecular weight excluding hydrogens is 230 g/mol. The number of aldehydes is 1. The van der Waals surface area contributed by atoms with E-state index in [1.807, 2.05) is 6.92 Å². The molecule has 4 nitrogen and oxygen atoms in total. The highest BCUT2D eigenvalue weighted by atomic mass is 16.5.